The highest BCUT2D eigenvalue weighted by Gasteiger charge is 2.11. The minimum absolute atomic E-state index is 0.121. The third-order valence-corrected chi connectivity index (χ3v) is 2.93. The predicted molar refractivity (Wildman–Crippen MR) is 71.5 cm³/mol. The quantitative estimate of drug-likeness (QED) is 0.896. The summed E-state index contributed by atoms with van der Waals surface area (Å²) in [5, 5.41) is 16.3. The van der Waals surface area contributed by atoms with E-state index in [0.29, 0.717) is 12.4 Å². The van der Waals surface area contributed by atoms with E-state index in [-0.39, 0.29) is 10.7 Å². The molecule has 19 heavy (non-hydrogen) atoms. The monoisotopic (exact) mass is 280 g/mol. The smallest absolute Gasteiger partial charge is 0.356 e. The number of anilines is 1. The van der Waals surface area contributed by atoms with Crippen LogP contribution in [0.25, 0.3) is 0 Å². The van der Waals surface area contributed by atoms with Crippen molar-refractivity contribution in [2.45, 2.75) is 13.5 Å². The number of nitrogens with zero attached hydrogens (tertiary/aromatic N) is 3. The van der Waals surface area contributed by atoms with Crippen LogP contribution in [0.5, 0.6) is 0 Å². The summed E-state index contributed by atoms with van der Waals surface area (Å²) in [7, 11) is 1.85. The summed E-state index contributed by atoms with van der Waals surface area (Å²) in [5.74, 6) is -0.684. The molecule has 0 spiro atoms. The molecule has 2 rings (SSSR count). The standard InChI is InChI=1S/C12H13ClN4O2/c1-7-8(6-17(2)16-7)5-14-10-4-3-9(13)11(15-10)12(18)19/h3-4,6H,5H2,1-2H3,(H,14,15)(H,18,19). The summed E-state index contributed by atoms with van der Waals surface area (Å²) < 4.78 is 1.73. The average molecular weight is 281 g/mol. The highest BCUT2D eigenvalue weighted by molar-refractivity contribution is 6.33. The Morgan fingerprint density at radius 2 is 2.26 bits per heavy atom. The fourth-order valence-electron chi connectivity index (χ4n) is 1.70. The van der Waals surface area contributed by atoms with E-state index in [0.717, 1.165) is 11.3 Å². The van der Waals surface area contributed by atoms with Crippen LogP contribution in [0.15, 0.2) is 18.3 Å². The van der Waals surface area contributed by atoms with Crippen molar-refractivity contribution in [1.82, 2.24) is 14.8 Å². The SMILES string of the molecule is Cc1nn(C)cc1CNc1ccc(Cl)c(C(=O)O)n1. The largest absolute Gasteiger partial charge is 0.476 e. The average Bonchev–Trinajstić information content (AvgIpc) is 2.66. The van der Waals surface area contributed by atoms with Crippen molar-refractivity contribution in [1.29, 1.82) is 0 Å². The fraction of sp³-hybridized carbons (Fsp3) is 0.250. The van der Waals surface area contributed by atoms with Gasteiger partial charge in [-0.1, -0.05) is 11.6 Å². The molecular weight excluding hydrogens is 268 g/mol. The molecule has 0 radical (unpaired) electrons. The van der Waals surface area contributed by atoms with Crippen molar-refractivity contribution in [2.24, 2.45) is 7.05 Å². The van der Waals surface area contributed by atoms with Crippen LogP contribution >= 0.6 is 11.6 Å². The number of carbonyl (C=O) groups is 1. The van der Waals surface area contributed by atoms with Crippen LogP contribution in [0, 0.1) is 6.92 Å². The molecule has 0 aromatic carbocycles. The van der Waals surface area contributed by atoms with Crippen LogP contribution in [0.3, 0.4) is 0 Å². The van der Waals surface area contributed by atoms with Crippen molar-refractivity contribution in [3.05, 3.63) is 40.3 Å². The van der Waals surface area contributed by atoms with E-state index < -0.39 is 5.97 Å². The Hall–Kier alpha value is -2.08. The Labute approximate surface area is 115 Å². The first-order chi connectivity index (χ1) is 8.97. The van der Waals surface area contributed by atoms with E-state index in [4.69, 9.17) is 16.7 Å². The number of pyridine rings is 1. The molecule has 0 fully saturated rings. The molecule has 0 saturated carbocycles. The molecule has 2 N–H and O–H groups in total. The van der Waals surface area contributed by atoms with Crippen LogP contribution < -0.4 is 5.32 Å². The lowest BCUT2D eigenvalue weighted by Gasteiger charge is -2.06. The number of aryl methyl sites for hydroxylation is 2. The summed E-state index contributed by atoms with van der Waals surface area (Å²) >= 11 is 5.75. The van der Waals surface area contributed by atoms with Crippen molar-refractivity contribution >= 4 is 23.4 Å². The second-order valence-corrected chi connectivity index (χ2v) is 4.51. The second-order valence-electron chi connectivity index (χ2n) is 4.10. The molecule has 0 aliphatic carbocycles. The molecule has 2 aromatic heterocycles. The first kappa shape index (κ1) is 13.4. The minimum Gasteiger partial charge on any atom is -0.476 e. The van der Waals surface area contributed by atoms with E-state index in [9.17, 15) is 4.79 Å². The maximum atomic E-state index is 10.9. The van der Waals surface area contributed by atoms with Gasteiger partial charge in [0, 0.05) is 25.4 Å². The van der Waals surface area contributed by atoms with Crippen LogP contribution in [-0.2, 0) is 13.6 Å². The molecule has 0 aliphatic rings. The number of hydrogen-bond acceptors (Lipinski definition) is 4. The number of aromatic nitrogens is 3. The van der Waals surface area contributed by atoms with Gasteiger partial charge in [0.2, 0.25) is 0 Å². The van der Waals surface area contributed by atoms with Crippen LogP contribution in [0.1, 0.15) is 21.7 Å². The van der Waals surface area contributed by atoms with Gasteiger partial charge in [-0.3, -0.25) is 4.68 Å². The Kier molecular flexibility index (Phi) is 3.71. The number of rotatable bonds is 4. The topological polar surface area (TPSA) is 80.0 Å². The Morgan fingerprint density at radius 1 is 1.53 bits per heavy atom. The summed E-state index contributed by atoms with van der Waals surface area (Å²) in [4.78, 5) is 14.9. The van der Waals surface area contributed by atoms with Crippen molar-refractivity contribution in [2.75, 3.05) is 5.32 Å². The van der Waals surface area contributed by atoms with Crippen molar-refractivity contribution < 1.29 is 9.90 Å². The van der Waals surface area contributed by atoms with Gasteiger partial charge in [0.25, 0.3) is 0 Å². The van der Waals surface area contributed by atoms with Gasteiger partial charge in [-0.25, -0.2) is 9.78 Å². The number of hydrogen-bond donors (Lipinski definition) is 2. The second kappa shape index (κ2) is 5.27. The van der Waals surface area contributed by atoms with Gasteiger partial charge in [0.05, 0.1) is 10.7 Å². The van der Waals surface area contributed by atoms with Gasteiger partial charge in [-0.15, -0.1) is 0 Å². The van der Waals surface area contributed by atoms with Gasteiger partial charge in [0.1, 0.15) is 5.82 Å². The van der Waals surface area contributed by atoms with Crippen LogP contribution in [0.4, 0.5) is 5.82 Å². The maximum Gasteiger partial charge on any atom is 0.356 e. The van der Waals surface area contributed by atoms with Gasteiger partial charge in [-0.2, -0.15) is 5.10 Å². The third kappa shape index (κ3) is 3.03. The number of nitrogens with one attached hydrogen (secondary N) is 1. The van der Waals surface area contributed by atoms with Crippen LogP contribution in [0.2, 0.25) is 5.02 Å². The molecule has 0 bridgehead atoms. The van der Waals surface area contributed by atoms with Gasteiger partial charge < -0.3 is 10.4 Å². The van der Waals surface area contributed by atoms with Gasteiger partial charge in [-0.05, 0) is 19.1 Å². The Balaban J connectivity index is 2.14. The molecule has 0 aliphatic heterocycles. The number of halogens is 1. The first-order valence-corrected chi connectivity index (χ1v) is 5.98. The molecule has 0 atom stereocenters. The molecule has 0 amide bonds. The van der Waals surface area contributed by atoms with E-state index in [1.807, 2.05) is 20.2 Å². The lowest BCUT2D eigenvalue weighted by molar-refractivity contribution is 0.0691. The zero-order valence-electron chi connectivity index (χ0n) is 10.5. The van der Waals surface area contributed by atoms with Crippen LogP contribution in [-0.4, -0.2) is 25.8 Å². The molecule has 2 aromatic rings. The van der Waals surface area contributed by atoms with Gasteiger partial charge >= 0.3 is 5.97 Å². The highest BCUT2D eigenvalue weighted by Crippen LogP contribution is 2.17. The molecule has 0 unspecified atom stereocenters. The number of carboxylic acids is 1. The third-order valence-electron chi connectivity index (χ3n) is 2.62. The van der Waals surface area contributed by atoms with Gasteiger partial charge in [0.15, 0.2) is 5.69 Å². The summed E-state index contributed by atoms with van der Waals surface area (Å²) in [6.07, 6.45) is 1.90. The van der Waals surface area contributed by atoms with Crippen molar-refractivity contribution in [3.8, 4) is 0 Å². The molecular formula is C12H13ClN4O2. The lowest BCUT2D eigenvalue weighted by Crippen LogP contribution is -2.06. The highest BCUT2D eigenvalue weighted by atomic mass is 35.5. The fourth-order valence-corrected chi connectivity index (χ4v) is 1.88. The molecule has 7 heteroatoms. The summed E-state index contributed by atoms with van der Waals surface area (Å²) in [6, 6.07) is 3.15. The molecule has 100 valence electrons. The number of aromatic carboxylic acids is 1. The maximum absolute atomic E-state index is 10.9. The van der Waals surface area contributed by atoms with E-state index in [1.165, 1.54) is 6.07 Å². The zero-order valence-corrected chi connectivity index (χ0v) is 11.3. The zero-order chi connectivity index (χ0) is 14.0. The van der Waals surface area contributed by atoms with E-state index in [2.05, 4.69) is 15.4 Å². The summed E-state index contributed by atoms with van der Waals surface area (Å²) in [5.41, 5.74) is 1.79. The lowest BCUT2D eigenvalue weighted by atomic mass is 10.2. The predicted octanol–water partition coefficient (Wildman–Crippen LogP) is 2.09. The minimum atomic E-state index is -1.15. The number of carboxylic acid groups (broad SMARTS) is 1. The molecule has 2 heterocycles. The Bertz CT molecular complexity index is 624. The van der Waals surface area contributed by atoms with Crippen molar-refractivity contribution in [3.63, 3.8) is 0 Å². The molecule has 0 saturated heterocycles. The van der Waals surface area contributed by atoms with E-state index in [1.54, 1.807) is 10.7 Å². The normalized spacial score (nSPS) is 10.5. The van der Waals surface area contributed by atoms with E-state index >= 15 is 0 Å². The summed E-state index contributed by atoms with van der Waals surface area (Å²) in [6.45, 7) is 2.43. The Morgan fingerprint density at radius 3 is 2.84 bits per heavy atom. The molecule has 6 nitrogen and oxygen atoms in total. The first-order valence-electron chi connectivity index (χ1n) is 5.60.